The summed E-state index contributed by atoms with van der Waals surface area (Å²) in [5, 5.41) is 3.47. The molecule has 4 nitrogen and oxygen atoms in total. The van der Waals surface area contributed by atoms with Gasteiger partial charge in [0.1, 0.15) is 10.4 Å². The molecule has 0 bridgehead atoms. The number of piperidine rings is 1. The summed E-state index contributed by atoms with van der Waals surface area (Å²) in [6.07, 6.45) is 4.62. The lowest BCUT2D eigenvalue weighted by Gasteiger charge is -2.22. The largest absolute Gasteiger partial charge is 0.376 e. The van der Waals surface area contributed by atoms with Crippen LogP contribution in [-0.2, 0) is 0 Å². The maximum Gasteiger partial charge on any atom is 0.132 e. The Balaban J connectivity index is 2.09. The van der Waals surface area contributed by atoms with Crippen molar-refractivity contribution in [2.45, 2.75) is 18.8 Å². The molecule has 0 aliphatic carbocycles. The molecular formula is C14H19BrN4. The number of nitrogens with zero attached hydrogens (tertiary/aromatic N) is 3. The van der Waals surface area contributed by atoms with Gasteiger partial charge < -0.3 is 14.6 Å². The zero-order valence-corrected chi connectivity index (χ0v) is 12.9. The van der Waals surface area contributed by atoms with Crippen molar-refractivity contribution in [1.29, 1.82) is 0 Å². The first-order valence-corrected chi connectivity index (χ1v) is 7.51. The summed E-state index contributed by atoms with van der Waals surface area (Å²) in [6.45, 7) is 2.15. The fourth-order valence-corrected chi connectivity index (χ4v) is 3.19. The van der Waals surface area contributed by atoms with E-state index in [4.69, 9.17) is 4.98 Å². The minimum Gasteiger partial charge on any atom is -0.376 e. The molecule has 1 aliphatic rings. The zero-order chi connectivity index (χ0) is 13.4. The second kappa shape index (κ2) is 5.13. The number of fused-ring (bicyclic) bond motifs is 1. The summed E-state index contributed by atoms with van der Waals surface area (Å²) in [4.78, 5) is 6.86. The van der Waals surface area contributed by atoms with Crippen LogP contribution in [0.25, 0.3) is 5.52 Å². The van der Waals surface area contributed by atoms with Crippen LogP contribution in [0.3, 0.4) is 0 Å². The Bertz CT molecular complexity index is 584. The summed E-state index contributed by atoms with van der Waals surface area (Å²) in [5.41, 5.74) is 2.34. The Hall–Kier alpha value is -1.07. The molecule has 102 valence electrons. The molecule has 0 radical (unpaired) electrons. The lowest BCUT2D eigenvalue weighted by Crippen LogP contribution is -2.29. The number of imidazole rings is 1. The number of halogens is 1. The van der Waals surface area contributed by atoms with Crippen LogP contribution in [0.5, 0.6) is 0 Å². The standard InChI is InChI=1S/C14H19BrN4/c1-18(2)11-5-6-12-13(15)17-14(19(12)9-11)10-4-3-7-16-8-10/h5-6,9-10,16H,3-4,7-8H2,1-2H3. The van der Waals surface area contributed by atoms with Gasteiger partial charge in [-0.1, -0.05) is 0 Å². The molecule has 0 saturated carbocycles. The quantitative estimate of drug-likeness (QED) is 0.922. The number of hydrogen-bond donors (Lipinski definition) is 1. The SMILES string of the molecule is CN(C)c1ccc2c(Br)nc(C3CCCNC3)n2c1. The molecule has 2 aromatic rings. The molecule has 0 spiro atoms. The first kappa shape index (κ1) is 12.9. The van der Waals surface area contributed by atoms with E-state index in [1.165, 1.54) is 18.5 Å². The van der Waals surface area contributed by atoms with Gasteiger partial charge in [0.05, 0.1) is 11.2 Å². The summed E-state index contributed by atoms with van der Waals surface area (Å²) >= 11 is 3.58. The first-order chi connectivity index (χ1) is 9.16. The number of pyridine rings is 1. The Kier molecular flexibility index (Phi) is 3.50. The van der Waals surface area contributed by atoms with Gasteiger partial charge in [0.25, 0.3) is 0 Å². The van der Waals surface area contributed by atoms with Crippen molar-refractivity contribution in [2.75, 3.05) is 32.1 Å². The van der Waals surface area contributed by atoms with Gasteiger partial charge in [-0.15, -0.1) is 0 Å². The maximum absolute atomic E-state index is 4.73. The van der Waals surface area contributed by atoms with Crippen molar-refractivity contribution in [1.82, 2.24) is 14.7 Å². The molecule has 19 heavy (non-hydrogen) atoms. The van der Waals surface area contributed by atoms with Crippen molar-refractivity contribution in [2.24, 2.45) is 0 Å². The summed E-state index contributed by atoms with van der Waals surface area (Å²) < 4.78 is 3.18. The Morgan fingerprint density at radius 2 is 2.26 bits per heavy atom. The summed E-state index contributed by atoms with van der Waals surface area (Å²) in [6, 6.07) is 4.26. The lowest BCUT2D eigenvalue weighted by molar-refractivity contribution is 0.445. The molecule has 1 saturated heterocycles. The molecular weight excluding hydrogens is 304 g/mol. The molecule has 2 aromatic heterocycles. The number of aromatic nitrogens is 2. The molecule has 1 unspecified atom stereocenters. The van der Waals surface area contributed by atoms with Crippen LogP contribution in [0.15, 0.2) is 22.9 Å². The summed E-state index contributed by atoms with van der Waals surface area (Å²) in [7, 11) is 4.13. The highest BCUT2D eigenvalue weighted by Crippen LogP contribution is 2.29. The molecule has 0 amide bonds. The topological polar surface area (TPSA) is 32.6 Å². The Labute approximate surface area is 121 Å². The third kappa shape index (κ3) is 2.37. The van der Waals surface area contributed by atoms with E-state index >= 15 is 0 Å². The fourth-order valence-electron chi connectivity index (χ4n) is 2.68. The number of hydrogen-bond acceptors (Lipinski definition) is 3. The second-order valence-corrected chi connectivity index (χ2v) is 6.09. The Morgan fingerprint density at radius 3 is 2.95 bits per heavy atom. The third-order valence-corrected chi connectivity index (χ3v) is 4.37. The van der Waals surface area contributed by atoms with Crippen molar-refractivity contribution < 1.29 is 0 Å². The van der Waals surface area contributed by atoms with E-state index in [2.05, 4.69) is 63.0 Å². The van der Waals surface area contributed by atoms with Crippen LogP contribution in [0.2, 0.25) is 0 Å². The van der Waals surface area contributed by atoms with Crippen molar-refractivity contribution >= 4 is 27.1 Å². The van der Waals surface area contributed by atoms with Crippen LogP contribution in [0.4, 0.5) is 5.69 Å². The van der Waals surface area contributed by atoms with E-state index in [-0.39, 0.29) is 0 Å². The highest BCUT2D eigenvalue weighted by molar-refractivity contribution is 9.10. The predicted octanol–water partition coefficient (Wildman–Crippen LogP) is 2.63. The monoisotopic (exact) mass is 322 g/mol. The first-order valence-electron chi connectivity index (χ1n) is 6.72. The summed E-state index contributed by atoms with van der Waals surface area (Å²) in [5.74, 6) is 1.67. The molecule has 1 fully saturated rings. The second-order valence-electron chi connectivity index (χ2n) is 5.34. The smallest absolute Gasteiger partial charge is 0.132 e. The van der Waals surface area contributed by atoms with Gasteiger partial charge in [0.15, 0.2) is 0 Å². The fraction of sp³-hybridized carbons (Fsp3) is 0.500. The van der Waals surface area contributed by atoms with Gasteiger partial charge in [-0.05, 0) is 47.4 Å². The average molecular weight is 323 g/mol. The van der Waals surface area contributed by atoms with E-state index < -0.39 is 0 Å². The normalized spacial score (nSPS) is 19.8. The van der Waals surface area contributed by atoms with E-state index in [0.29, 0.717) is 5.92 Å². The van der Waals surface area contributed by atoms with Crippen LogP contribution in [0.1, 0.15) is 24.6 Å². The highest BCUT2D eigenvalue weighted by atomic mass is 79.9. The third-order valence-electron chi connectivity index (χ3n) is 3.78. The average Bonchev–Trinajstić information content (AvgIpc) is 2.77. The van der Waals surface area contributed by atoms with Gasteiger partial charge in [-0.25, -0.2) is 4.98 Å². The predicted molar refractivity (Wildman–Crippen MR) is 82.1 cm³/mol. The van der Waals surface area contributed by atoms with E-state index in [9.17, 15) is 0 Å². The molecule has 5 heteroatoms. The highest BCUT2D eigenvalue weighted by Gasteiger charge is 2.21. The van der Waals surface area contributed by atoms with Gasteiger partial charge in [0, 0.05) is 32.8 Å². The van der Waals surface area contributed by atoms with Gasteiger partial charge in [-0.3, -0.25) is 0 Å². The molecule has 1 aliphatic heterocycles. The van der Waals surface area contributed by atoms with Gasteiger partial charge in [-0.2, -0.15) is 0 Å². The number of rotatable bonds is 2. The van der Waals surface area contributed by atoms with Crippen LogP contribution < -0.4 is 10.2 Å². The van der Waals surface area contributed by atoms with Crippen molar-refractivity contribution in [3.63, 3.8) is 0 Å². The van der Waals surface area contributed by atoms with Crippen LogP contribution >= 0.6 is 15.9 Å². The van der Waals surface area contributed by atoms with Crippen LogP contribution in [-0.4, -0.2) is 36.6 Å². The number of nitrogens with one attached hydrogen (secondary N) is 1. The van der Waals surface area contributed by atoms with E-state index in [0.717, 1.165) is 29.0 Å². The lowest BCUT2D eigenvalue weighted by atomic mass is 9.99. The van der Waals surface area contributed by atoms with Gasteiger partial charge >= 0.3 is 0 Å². The minimum absolute atomic E-state index is 0.505. The minimum atomic E-state index is 0.505. The molecule has 1 atom stereocenters. The van der Waals surface area contributed by atoms with E-state index in [1.54, 1.807) is 0 Å². The van der Waals surface area contributed by atoms with Crippen LogP contribution in [0, 0.1) is 0 Å². The van der Waals surface area contributed by atoms with Gasteiger partial charge in [0.2, 0.25) is 0 Å². The number of anilines is 1. The Morgan fingerprint density at radius 1 is 1.42 bits per heavy atom. The molecule has 1 N–H and O–H groups in total. The molecule has 3 heterocycles. The molecule has 0 aromatic carbocycles. The van der Waals surface area contributed by atoms with Crippen molar-refractivity contribution in [3.8, 4) is 0 Å². The zero-order valence-electron chi connectivity index (χ0n) is 11.4. The molecule has 3 rings (SSSR count). The van der Waals surface area contributed by atoms with E-state index in [1.807, 2.05) is 0 Å². The van der Waals surface area contributed by atoms with Crippen molar-refractivity contribution in [3.05, 3.63) is 28.8 Å². The maximum atomic E-state index is 4.73.